The number of methoxy groups -OCH3 is 1. The molecule has 0 spiro atoms. The predicted molar refractivity (Wildman–Crippen MR) is 84.0 cm³/mol. The molecule has 0 unspecified atom stereocenters. The smallest absolute Gasteiger partial charge is 0.248 e. The van der Waals surface area contributed by atoms with Crippen molar-refractivity contribution in [2.75, 3.05) is 7.04 Å². The zero-order chi connectivity index (χ0) is 18.2. The highest BCUT2D eigenvalue weighted by Gasteiger charge is 2.14. The first-order chi connectivity index (χ1) is 11.7. The minimum atomic E-state index is -2.69. The van der Waals surface area contributed by atoms with Gasteiger partial charge in [-0.2, -0.15) is 0 Å². The molecule has 0 fully saturated rings. The lowest BCUT2D eigenvalue weighted by molar-refractivity contribution is 0.414. The zero-order valence-corrected chi connectivity index (χ0v) is 12.4. The number of H-pyrrole nitrogens is 1. The Morgan fingerprint density at radius 1 is 1.32 bits per heavy atom. The van der Waals surface area contributed by atoms with Crippen molar-refractivity contribution in [2.45, 2.75) is 0 Å². The van der Waals surface area contributed by atoms with Gasteiger partial charge < -0.3 is 9.72 Å². The largest absolute Gasteiger partial charge is 0.495 e. The number of halogens is 2. The van der Waals surface area contributed by atoms with Gasteiger partial charge in [0, 0.05) is 28.4 Å². The summed E-state index contributed by atoms with van der Waals surface area (Å²) in [6.45, 7) is 0. The van der Waals surface area contributed by atoms with Crippen LogP contribution in [0.3, 0.4) is 0 Å². The number of aromatic amines is 1. The molecule has 1 aromatic carbocycles. The minimum absolute atomic E-state index is 0.0330. The molecule has 6 nitrogen and oxygen atoms in total. The Labute approximate surface area is 139 Å². The van der Waals surface area contributed by atoms with Crippen molar-refractivity contribution in [3.05, 3.63) is 57.2 Å². The first kappa shape index (κ1) is 11.3. The van der Waals surface area contributed by atoms with Crippen LogP contribution in [0.2, 0.25) is 10.2 Å². The normalized spacial score (nSPS) is 13.3. The third kappa shape index (κ3) is 2.70. The Bertz CT molecular complexity index is 985. The van der Waals surface area contributed by atoms with Gasteiger partial charge in [0.2, 0.25) is 5.56 Å². The molecular formula is C14H10Cl2N4O2. The van der Waals surface area contributed by atoms with E-state index < -0.39 is 12.6 Å². The van der Waals surface area contributed by atoms with E-state index in [1.54, 1.807) is 18.2 Å². The van der Waals surface area contributed by atoms with Gasteiger partial charge in [-0.3, -0.25) is 4.79 Å². The molecule has 1 N–H and O–H groups in total. The van der Waals surface area contributed by atoms with Crippen LogP contribution < -0.4 is 10.3 Å². The molecule has 3 aromatic rings. The fraction of sp³-hybridized carbons (Fsp3) is 0.0714. The van der Waals surface area contributed by atoms with Crippen LogP contribution in [0.1, 0.15) is 4.11 Å². The molecule has 3 rings (SSSR count). The second-order valence-electron chi connectivity index (χ2n) is 4.32. The molecule has 2 heterocycles. The van der Waals surface area contributed by atoms with E-state index in [4.69, 9.17) is 32.1 Å². The molecule has 0 saturated heterocycles. The average molecular weight is 340 g/mol. The molecule has 0 atom stereocenters. The molecule has 0 radical (unpaired) electrons. The standard InChI is InChI=1S/C14H10Cl2N4O2/c1-22-12-6-17-14(21)5-10(12)9-4-8(15)2-3-11(9)20-7-13(16)18-19-20/h2-7H,1H3,(H,17,21)/i1D3. The van der Waals surface area contributed by atoms with Gasteiger partial charge >= 0.3 is 0 Å². The quantitative estimate of drug-likeness (QED) is 0.796. The average Bonchev–Trinajstić information content (AvgIpc) is 2.94. The molecule has 0 amide bonds. The van der Waals surface area contributed by atoms with E-state index in [1.807, 2.05) is 0 Å². The monoisotopic (exact) mass is 339 g/mol. The summed E-state index contributed by atoms with van der Waals surface area (Å²) in [5.41, 5.74) is 0.726. The van der Waals surface area contributed by atoms with Gasteiger partial charge in [0.25, 0.3) is 0 Å². The number of nitrogens with zero attached hydrogens (tertiary/aromatic N) is 3. The molecule has 112 valence electrons. The number of rotatable bonds is 3. The molecule has 0 aliphatic carbocycles. The predicted octanol–water partition coefficient (Wildman–Crippen LogP) is 2.94. The highest BCUT2D eigenvalue weighted by atomic mass is 35.5. The molecular weight excluding hydrogens is 327 g/mol. The molecule has 0 bridgehead atoms. The fourth-order valence-corrected chi connectivity index (χ4v) is 2.34. The van der Waals surface area contributed by atoms with E-state index >= 15 is 0 Å². The Balaban J connectivity index is 2.24. The Morgan fingerprint density at radius 3 is 2.91 bits per heavy atom. The summed E-state index contributed by atoms with van der Waals surface area (Å²) in [7, 11) is -2.69. The molecule has 0 aliphatic rings. The summed E-state index contributed by atoms with van der Waals surface area (Å²) in [5.74, 6) is -0.0330. The summed E-state index contributed by atoms with van der Waals surface area (Å²) in [5, 5.41) is 8.14. The lowest BCUT2D eigenvalue weighted by Crippen LogP contribution is -2.06. The van der Waals surface area contributed by atoms with Gasteiger partial charge in [0.05, 0.1) is 23.0 Å². The van der Waals surface area contributed by atoms with Crippen molar-refractivity contribution in [2.24, 2.45) is 0 Å². The van der Waals surface area contributed by atoms with Gasteiger partial charge in [-0.1, -0.05) is 28.4 Å². The maximum atomic E-state index is 11.8. The van der Waals surface area contributed by atoms with E-state index in [0.29, 0.717) is 16.3 Å². The minimum Gasteiger partial charge on any atom is -0.495 e. The van der Waals surface area contributed by atoms with Crippen molar-refractivity contribution < 1.29 is 8.85 Å². The van der Waals surface area contributed by atoms with Gasteiger partial charge in [0.15, 0.2) is 5.15 Å². The summed E-state index contributed by atoms with van der Waals surface area (Å²) < 4.78 is 28.3. The number of hydrogen-bond donors (Lipinski definition) is 1. The molecule has 22 heavy (non-hydrogen) atoms. The Morgan fingerprint density at radius 2 is 2.18 bits per heavy atom. The van der Waals surface area contributed by atoms with Crippen molar-refractivity contribution in [3.63, 3.8) is 0 Å². The summed E-state index contributed by atoms with van der Waals surface area (Å²) in [6.07, 6.45) is 2.65. The van der Waals surface area contributed by atoms with E-state index in [9.17, 15) is 4.79 Å². The van der Waals surface area contributed by atoms with Gasteiger partial charge in [-0.15, -0.1) is 5.10 Å². The fourth-order valence-electron chi connectivity index (χ4n) is 2.04. The van der Waals surface area contributed by atoms with E-state index in [2.05, 4.69) is 15.3 Å². The third-order valence-corrected chi connectivity index (χ3v) is 3.37. The summed E-state index contributed by atoms with van der Waals surface area (Å²) >= 11 is 11.9. The van der Waals surface area contributed by atoms with Crippen molar-refractivity contribution in [1.82, 2.24) is 20.0 Å². The number of benzene rings is 1. The topological polar surface area (TPSA) is 72.8 Å². The maximum Gasteiger partial charge on any atom is 0.248 e. The number of nitrogens with one attached hydrogen (secondary N) is 1. The van der Waals surface area contributed by atoms with E-state index in [-0.39, 0.29) is 16.5 Å². The van der Waals surface area contributed by atoms with Crippen molar-refractivity contribution >= 4 is 23.2 Å². The molecule has 2 aromatic heterocycles. The van der Waals surface area contributed by atoms with Gasteiger partial charge in [-0.25, -0.2) is 4.68 Å². The number of aromatic nitrogens is 4. The zero-order valence-electron chi connectivity index (χ0n) is 13.9. The Kier molecular flexibility index (Phi) is 2.99. The Hall–Kier alpha value is -2.31. The number of hydrogen-bond acceptors (Lipinski definition) is 4. The van der Waals surface area contributed by atoms with Crippen LogP contribution in [0.15, 0.2) is 41.5 Å². The highest BCUT2D eigenvalue weighted by molar-refractivity contribution is 6.31. The SMILES string of the molecule is [2H]C([2H])([2H])Oc1c[nH]c(=O)cc1-c1cc(Cl)ccc1-n1cc(Cl)nn1. The first-order valence-electron chi connectivity index (χ1n) is 7.53. The third-order valence-electron chi connectivity index (χ3n) is 2.96. The number of pyridine rings is 1. The lowest BCUT2D eigenvalue weighted by atomic mass is 10.0. The van der Waals surface area contributed by atoms with Gasteiger partial charge in [0.1, 0.15) is 5.75 Å². The van der Waals surface area contributed by atoms with Crippen LogP contribution in [0.5, 0.6) is 5.75 Å². The maximum absolute atomic E-state index is 11.8. The second-order valence-corrected chi connectivity index (χ2v) is 5.15. The van der Waals surface area contributed by atoms with Crippen LogP contribution in [0.4, 0.5) is 0 Å². The summed E-state index contributed by atoms with van der Waals surface area (Å²) in [4.78, 5) is 14.2. The first-order valence-corrected chi connectivity index (χ1v) is 6.78. The summed E-state index contributed by atoms with van der Waals surface area (Å²) in [6, 6.07) is 6.04. The van der Waals surface area contributed by atoms with E-state index in [0.717, 1.165) is 0 Å². The van der Waals surface area contributed by atoms with Crippen LogP contribution in [0.25, 0.3) is 16.8 Å². The molecule has 0 saturated carbocycles. The van der Waals surface area contributed by atoms with Gasteiger partial charge in [-0.05, 0) is 18.2 Å². The van der Waals surface area contributed by atoms with Crippen LogP contribution in [-0.4, -0.2) is 27.0 Å². The lowest BCUT2D eigenvalue weighted by Gasteiger charge is -2.12. The van der Waals surface area contributed by atoms with Crippen molar-refractivity contribution in [1.29, 1.82) is 0 Å². The van der Waals surface area contributed by atoms with Crippen LogP contribution >= 0.6 is 23.2 Å². The second kappa shape index (κ2) is 5.82. The van der Waals surface area contributed by atoms with Crippen LogP contribution in [0, 0.1) is 0 Å². The number of ether oxygens (including phenoxy) is 1. The highest BCUT2D eigenvalue weighted by Crippen LogP contribution is 2.34. The molecule has 8 heteroatoms. The molecule has 0 aliphatic heterocycles. The van der Waals surface area contributed by atoms with Crippen LogP contribution in [-0.2, 0) is 0 Å². The van der Waals surface area contributed by atoms with Crippen molar-refractivity contribution in [3.8, 4) is 22.6 Å². The van der Waals surface area contributed by atoms with E-state index in [1.165, 1.54) is 23.1 Å².